The third-order valence-electron chi connectivity index (χ3n) is 12.1. The summed E-state index contributed by atoms with van der Waals surface area (Å²) >= 11 is 7.59. The average Bonchev–Trinajstić information content (AvgIpc) is 3.18. The van der Waals surface area contributed by atoms with Crippen molar-refractivity contribution < 1.29 is 44.5 Å². The van der Waals surface area contributed by atoms with Crippen molar-refractivity contribution >= 4 is 45.9 Å². The Bertz CT molecular complexity index is 1490. The van der Waals surface area contributed by atoms with E-state index < -0.39 is 69.9 Å². The van der Waals surface area contributed by atoms with Crippen LogP contribution in [0.5, 0.6) is 0 Å². The number of carbonyl (C=O) groups is 1. The molecule has 14 atom stereocenters. The van der Waals surface area contributed by atoms with Crippen molar-refractivity contribution in [1.82, 2.24) is 20.0 Å². The lowest BCUT2D eigenvalue weighted by Gasteiger charge is -2.46. The van der Waals surface area contributed by atoms with Crippen LogP contribution in [0.4, 0.5) is 0 Å². The standard InChI is InChI=1S/C43H72IN5O9S/c1-27-25-42(6,54)37(57-39-35(51)33(47(8)9)24-28(2)56-39)29(3)34(50)30(4)38(53)58-40(44)43(7,55)36(52)31(5)49(26-27)23-15-22-48(21-14-19-45)41(59)46-20-13-18-32-16-11-10-12-17-32/h10-12,16-17,27-31,33-37,39-40,50-52,54-55H,13-15,18,20-26H2,1-9H3,(H,46,59)/t27-,28-,29?,30-,31-,33+,34+,35-,36-,37-,39+,40+,42-,43+/m1/s1. The summed E-state index contributed by atoms with van der Waals surface area (Å²) in [7, 11) is 3.74. The van der Waals surface area contributed by atoms with Crippen molar-refractivity contribution in [1.29, 1.82) is 5.26 Å². The molecule has 0 spiro atoms. The van der Waals surface area contributed by atoms with E-state index in [9.17, 15) is 35.6 Å². The van der Waals surface area contributed by atoms with Crippen LogP contribution in [0.1, 0.15) is 86.1 Å². The van der Waals surface area contributed by atoms with Crippen LogP contribution in [0.2, 0.25) is 0 Å². The highest BCUT2D eigenvalue weighted by Crippen LogP contribution is 2.37. The molecular weight excluding hydrogens is 889 g/mol. The second-order valence-electron chi connectivity index (χ2n) is 17.7. The summed E-state index contributed by atoms with van der Waals surface area (Å²) in [6, 6.07) is 11.5. The number of rotatable bonds is 13. The normalized spacial score (nSPS) is 36.8. The van der Waals surface area contributed by atoms with Gasteiger partial charge in [-0.15, -0.1) is 0 Å². The number of aryl methyl sites for hydroxylation is 1. The minimum absolute atomic E-state index is 0.179. The molecule has 0 amide bonds. The highest BCUT2D eigenvalue weighted by Gasteiger charge is 2.50. The van der Waals surface area contributed by atoms with E-state index in [1.54, 1.807) is 36.4 Å². The van der Waals surface area contributed by atoms with Crippen LogP contribution in [-0.4, -0.2) is 162 Å². The van der Waals surface area contributed by atoms with E-state index in [2.05, 4.69) is 28.4 Å². The quantitative estimate of drug-likeness (QED) is 0.0554. The molecule has 2 saturated heterocycles. The number of carbonyl (C=O) groups excluding carboxylic acids is 1. The first-order chi connectivity index (χ1) is 27.6. The number of benzene rings is 1. The van der Waals surface area contributed by atoms with Gasteiger partial charge in [-0.1, -0.05) is 44.2 Å². The lowest BCUT2D eigenvalue weighted by atomic mass is 9.78. The SMILES string of the molecule is CC1[C@@H](O[C@@H]2O[C@H](C)C[C@H](N(C)C)[C@H]2O)[C@](C)(O)C[C@@H](C)CN(CCCN(CCC#N)C(=S)NCCCc2ccccc2)[C@H](C)[C@@H](O)[C@](C)(O)[C@@H](I)OC(=O)[C@H](C)[C@H]1O. The van der Waals surface area contributed by atoms with E-state index >= 15 is 0 Å². The van der Waals surface area contributed by atoms with Gasteiger partial charge in [-0.3, -0.25) is 9.69 Å². The average molecular weight is 962 g/mol. The number of likely N-dealkylation sites (N-methyl/N-ethyl adjacent to an activating group) is 1. The Hall–Kier alpha value is -1.76. The van der Waals surface area contributed by atoms with Gasteiger partial charge in [-0.05, 0) is 127 Å². The van der Waals surface area contributed by atoms with Crippen LogP contribution < -0.4 is 5.32 Å². The lowest BCUT2D eigenvalue weighted by Crippen LogP contribution is -2.59. The number of ether oxygens (including phenoxy) is 3. The number of halogens is 1. The van der Waals surface area contributed by atoms with Gasteiger partial charge in [0.05, 0.1) is 42.3 Å². The van der Waals surface area contributed by atoms with Crippen molar-refractivity contribution in [2.75, 3.05) is 46.8 Å². The number of thiocarbonyl (C=S) groups is 1. The predicted molar refractivity (Wildman–Crippen MR) is 239 cm³/mol. The summed E-state index contributed by atoms with van der Waals surface area (Å²) in [5.41, 5.74) is -2.23. The second kappa shape index (κ2) is 23.6. The van der Waals surface area contributed by atoms with Gasteiger partial charge in [-0.25, -0.2) is 0 Å². The van der Waals surface area contributed by atoms with E-state index in [0.717, 1.165) is 12.8 Å². The molecule has 0 aromatic heterocycles. The van der Waals surface area contributed by atoms with Crippen molar-refractivity contribution in [3.63, 3.8) is 0 Å². The number of aliphatic hydroxyl groups excluding tert-OH is 3. The Balaban J connectivity index is 1.89. The molecule has 6 N–H and O–H groups in total. The van der Waals surface area contributed by atoms with Gasteiger partial charge in [0.2, 0.25) is 0 Å². The molecule has 2 fully saturated rings. The molecule has 2 heterocycles. The van der Waals surface area contributed by atoms with E-state index in [0.29, 0.717) is 57.1 Å². The van der Waals surface area contributed by atoms with E-state index in [-0.39, 0.29) is 24.5 Å². The molecule has 0 aliphatic carbocycles. The Morgan fingerprint density at radius 1 is 1.07 bits per heavy atom. The summed E-state index contributed by atoms with van der Waals surface area (Å²) in [4.78, 5) is 19.5. The van der Waals surface area contributed by atoms with Crippen LogP contribution >= 0.6 is 34.8 Å². The molecular formula is C43H72IN5O9S. The number of nitriles is 1. The fourth-order valence-electron chi connectivity index (χ4n) is 8.52. The molecule has 1 aromatic carbocycles. The van der Waals surface area contributed by atoms with Gasteiger partial charge >= 0.3 is 5.97 Å². The van der Waals surface area contributed by atoms with Gasteiger partial charge in [-0.2, -0.15) is 5.26 Å². The zero-order valence-corrected chi connectivity index (χ0v) is 39.5. The summed E-state index contributed by atoms with van der Waals surface area (Å²) in [5.74, 6) is -2.96. The topological polar surface area (TPSA) is 191 Å². The molecule has 0 bridgehead atoms. The van der Waals surface area contributed by atoms with Gasteiger partial charge in [0.15, 0.2) is 15.5 Å². The fourth-order valence-corrected chi connectivity index (χ4v) is 9.42. The highest BCUT2D eigenvalue weighted by atomic mass is 127. The summed E-state index contributed by atoms with van der Waals surface area (Å²) in [6.07, 6.45) is -2.82. The van der Waals surface area contributed by atoms with Crippen LogP contribution in [-0.2, 0) is 25.4 Å². The summed E-state index contributed by atoms with van der Waals surface area (Å²) in [6.45, 7) is 14.5. The fraction of sp³-hybridized carbons (Fsp3) is 0.791. The highest BCUT2D eigenvalue weighted by molar-refractivity contribution is 14.1. The number of hydrogen-bond acceptors (Lipinski definition) is 13. The molecule has 59 heavy (non-hydrogen) atoms. The van der Waals surface area contributed by atoms with Gasteiger partial charge in [0.25, 0.3) is 0 Å². The van der Waals surface area contributed by atoms with Crippen LogP contribution in [0.3, 0.4) is 0 Å². The maximum absolute atomic E-state index is 13.6. The van der Waals surface area contributed by atoms with E-state index in [4.69, 9.17) is 26.4 Å². The van der Waals surface area contributed by atoms with Crippen molar-refractivity contribution in [3.8, 4) is 6.07 Å². The van der Waals surface area contributed by atoms with E-state index in [1.807, 2.05) is 62.9 Å². The molecule has 16 heteroatoms. The van der Waals surface area contributed by atoms with E-state index in [1.165, 1.54) is 19.4 Å². The smallest absolute Gasteiger partial charge is 0.312 e. The first-order valence-electron chi connectivity index (χ1n) is 21.1. The molecule has 0 radical (unpaired) electrons. The second-order valence-corrected chi connectivity index (χ2v) is 19.2. The van der Waals surface area contributed by atoms with Gasteiger partial charge < -0.3 is 54.9 Å². The first kappa shape index (κ1) is 51.6. The third-order valence-corrected chi connectivity index (χ3v) is 14.0. The number of aliphatic hydroxyl groups is 5. The molecule has 1 unspecified atom stereocenters. The zero-order chi connectivity index (χ0) is 44.2. The number of alkyl halides is 1. The molecule has 2 aliphatic rings. The molecule has 0 saturated carbocycles. The molecule has 2 aliphatic heterocycles. The number of nitrogens with zero attached hydrogens (tertiary/aromatic N) is 4. The predicted octanol–water partition coefficient (Wildman–Crippen LogP) is 3.44. The Labute approximate surface area is 371 Å². The first-order valence-corrected chi connectivity index (χ1v) is 22.8. The number of cyclic esters (lactones) is 1. The van der Waals surface area contributed by atoms with Crippen LogP contribution in [0, 0.1) is 29.1 Å². The van der Waals surface area contributed by atoms with Gasteiger partial charge in [0, 0.05) is 50.7 Å². The Kier molecular flexibility index (Phi) is 20.7. The van der Waals surface area contributed by atoms with Crippen molar-refractivity contribution in [3.05, 3.63) is 35.9 Å². The van der Waals surface area contributed by atoms with Crippen LogP contribution in [0.15, 0.2) is 30.3 Å². The maximum atomic E-state index is 13.6. The van der Waals surface area contributed by atoms with Crippen molar-refractivity contribution in [2.45, 2.75) is 151 Å². The van der Waals surface area contributed by atoms with Crippen molar-refractivity contribution in [2.24, 2.45) is 17.8 Å². The third kappa shape index (κ3) is 14.7. The lowest BCUT2D eigenvalue weighted by molar-refractivity contribution is -0.299. The number of nitrogens with one attached hydrogen (secondary N) is 1. The molecule has 1 aromatic rings. The minimum Gasteiger partial charge on any atom is -0.448 e. The molecule has 3 rings (SSSR count). The van der Waals surface area contributed by atoms with Gasteiger partial charge in [0.1, 0.15) is 17.8 Å². The van der Waals surface area contributed by atoms with Crippen LogP contribution in [0.25, 0.3) is 0 Å². The maximum Gasteiger partial charge on any atom is 0.312 e. The molecule has 14 nitrogen and oxygen atoms in total. The summed E-state index contributed by atoms with van der Waals surface area (Å²) in [5, 5.41) is 72.3. The molecule has 336 valence electrons. The Morgan fingerprint density at radius 3 is 2.36 bits per heavy atom. The summed E-state index contributed by atoms with van der Waals surface area (Å²) < 4.78 is 17.2. The number of hydrogen-bond donors (Lipinski definition) is 6. The Morgan fingerprint density at radius 2 is 1.73 bits per heavy atom. The largest absolute Gasteiger partial charge is 0.448 e. The zero-order valence-electron chi connectivity index (χ0n) is 36.5. The minimum atomic E-state index is -1.89. The monoisotopic (exact) mass is 961 g/mol. The number of esters is 1.